The van der Waals surface area contributed by atoms with E-state index in [1.165, 1.54) is 38.4 Å². The summed E-state index contributed by atoms with van der Waals surface area (Å²) in [5.74, 6) is 0.264. The molecule has 0 saturated heterocycles. The smallest absolute Gasteiger partial charge is 0.294 e. The van der Waals surface area contributed by atoms with E-state index in [9.17, 15) is 14.4 Å². The molecule has 9 nitrogen and oxygen atoms in total. The minimum absolute atomic E-state index is 0.0390. The Bertz CT molecular complexity index is 1120. The summed E-state index contributed by atoms with van der Waals surface area (Å²) in [6, 6.07) is 8.25. The molecule has 0 aromatic heterocycles. The van der Waals surface area contributed by atoms with E-state index < -0.39 is 17.7 Å². The molecule has 2 aromatic carbocycles. The van der Waals surface area contributed by atoms with Gasteiger partial charge in [0.15, 0.2) is 11.5 Å². The molecule has 37 heavy (non-hydrogen) atoms. The van der Waals surface area contributed by atoms with E-state index in [1.807, 2.05) is 30.0 Å². The van der Waals surface area contributed by atoms with Gasteiger partial charge in [0.05, 0.1) is 34.5 Å². The van der Waals surface area contributed by atoms with Crippen LogP contribution in [0.5, 0.6) is 23.0 Å². The Kier molecular flexibility index (Phi) is 9.38. The van der Waals surface area contributed by atoms with Crippen molar-refractivity contribution in [3.8, 4) is 23.0 Å². The first-order valence-corrected chi connectivity index (χ1v) is 12.4. The molecule has 0 bridgehead atoms. The Morgan fingerprint density at radius 1 is 0.973 bits per heavy atom. The number of ether oxygens (including phenoxy) is 4. The Balaban J connectivity index is 1.91. The Hall–Kier alpha value is -3.75. The lowest BCUT2D eigenvalue weighted by Crippen LogP contribution is -2.46. The third kappa shape index (κ3) is 5.81. The van der Waals surface area contributed by atoms with Gasteiger partial charge in [-0.05, 0) is 36.6 Å². The highest BCUT2D eigenvalue weighted by Crippen LogP contribution is 2.39. The van der Waals surface area contributed by atoms with Gasteiger partial charge in [-0.2, -0.15) is 0 Å². The largest absolute Gasteiger partial charge is 0.496 e. The molecule has 0 saturated carbocycles. The molecular formula is C28H36N2O7. The first-order valence-electron chi connectivity index (χ1n) is 12.4. The highest BCUT2D eigenvalue weighted by molar-refractivity contribution is 6.42. The zero-order valence-electron chi connectivity index (χ0n) is 22.5. The molecule has 2 aromatic rings. The second-order valence-corrected chi connectivity index (χ2v) is 8.91. The molecule has 2 amide bonds. The monoisotopic (exact) mass is 512 g/mol. The quantitative estimate of drug-likeness (QED) is 0.335. The van der Waals surface area contributed by atoms with E-state index in [1.54, 1.807) is 14.2 Å². The molecule has 1 heterocycles. The number of ketones is 1. The number of fused-ring (bicyclic) bond motifs is 1. The van der Waals surface area contributed by atoms with E-state index in [2.05, 4.69) is 0 Å². The number of methoxy groups -OCH3 is 4. The van der Waals surface area contributed by atoms with Gasteiger partial charge >= 0.3 is 0 Å². The lowest BCUT2D eigenvalue weighted by Gasteiger charge is -2.39. The third-order valence-corrected chi connectivity index (χ3v) is 6.71. The summed E-state index contributed by atoms with van der Waals surface area (Å²) in [6.07, 6.45) is 2.81. The zero-order chi connectivity index (χ0) is 27.1. The topological polar surface area (TPSA) is 94.6 Å². The second-order valence-electron chi connectivity index (χ2n) is 8.91. The van der Waals surface area contributed by atoms with Crippen molar-refractivity contribution in [2.75, 3.05) is 48.6 Å². The second kappa shape index (κ2) is 12.5. The lowest BCUT2D eigenvalue weighted by atomic mass is 9.90. The zero-order valence-corrected chi connectivity index (χ0v) is 22.5. The number of carbonyl (C=O) groups is 3. The maximum absolute atomic E-state index is 13.3. The number of Topliss-reactive ketones (excluding diaryl/α,β-unsaturated/α-hetero) is 1. The summed E-state index contributed by atoms with van der Waals surface area (Å²) in [5, 5.41) is 0. The van der Waals surface area contributed by atoms with Crippen LogP contribution in [0.25, 0.3) is 0 Å². The molecule has 1 atom stereocenters. The summed E-state index contributed by atoms with van der Waals surface area (Å²) in [5.41, 5.74) is 2.06. The fourth-order valence-electron chi connectivity index (χ4n) is 4.73. The van der Waals surface area contributed by atoms with Gasteiger partial charge in [-0.1, -0.05) is 25.5 Å². The van der Waals surface area contributed by atoms with Gasteiger partial charge in [0.1, 0.15) is 5.75 Å². The summed E-state index contributed by atoms with van der Waals surface area (Å²) < 4.78 is 21.5. The summed E-state index contributed by atoms with van der Waals surface area (Å²) in [7, 11) is 7.54. The molecule has 0 fully saturated rings. The van der Waals surface area contributed by atoms with Crippen molar-refractivity contribution in [2.45, 2.75) is 38.6 Å². The highest BCUT2D eigenvalue weighted by Gasteiger charge is 2.35. The van der Waals surface area contributed by atoms with Crippen molar-refractivity contribution >= 4 is 17.6 Å². The predicted molar refractivity (Wildman–Crippen MR) is 139 cm³/mol. The van der Waals surface area contributed by atoms with Crippen LogP contribution in [-0.2, 0) is 16.0 Å². The molecule has 1 unspecified atom stereocenters. The van der Waals surface area contributed by atoms with Crippen LogP contribution in [0.3, 0.4) is 0 Å². The van der Waals surface area contributed by atoms with Crippen molar-refractivity contribution in [3.05, 3.63) is 47.0 Å². The number of carbonyl (C=O) groups excluding carboxylic acids is 3. The van der Waals surface area contributed by atoms with Crippen molar-refractivity contribution in [1.82, 2.24) is 9.80 Å². The standard InChI is InChI=1S/C28H36N2O7/c1-7-8-12-25(31)30-14-13-20-19(10-9-11-22(20)34-3)21(30)17-29(2)28(33)26(32)18-15-23(35-4)27(37-6)24(16-18)36-5/h9-11,15-16,21H,7-8,12-14,17H2,1-6H3. The molecular weight excluding hydrogens is 476 g/mol. The number of unbranched alkanes of at least 4 members (excludes halogenated alkanes) is 1. The SMILES string of the molecule is CCCCC(=O)N1CCc2c(OC)cccc2C1CN(C)C(=O)C(=O)c1cc(OC)c(OC)c(OC)c1. The first-order chi connectivity index (χ1) is 17.8. The molecule has 3 rings (SSSR count). The van der Waals surface area contributed by atoms with Crippen LogP contribution in [0.2, 0.25) is 0 Å². The fourth-order valence-corrected chi connectivity index (χ4v) is 4.73. The molecule has 0 radical (unpaired) electrons. The van der Waals surface area contributed by atoms with Crippen LogP contribution in [-0.4, -0.2) is 76.0 Å². The Morgan fingerprint density at radius 2 is 1.62 bits per heavy atom. The Morgan fingerprint density at radius 3 is 2.19 bits per heavy atom. The van der Waals surface area contributed by atoms with E-state index in [4.69, 9.17) is 18.9 Å². The van der Waals surface area contributed by atoms with Crippen molar-refractivity contribution < 1.29 is 33.3 Å². The predicted octanol–water partition coefficient (Wildman–Crippen LogP) is 3.68. The average Bonchev–Trinajstić information content (AvgIpc) is 2.93. The number of hydrogen-bond donors (Lipinski definition) is 0. The minimum Gasteiger partial charge on any atom is -0.496 e. The molecule has 1 aliphatic heterocycles. The summed E-state index contributed by atoms with van der Waals surface area (Å²) >= 11 is 0. The molecule has 0 spiro atoms. The van der Waals surface area contributed by atoms with E-state index in [-0.39, 0.29) is 29.5 Å². The van der Waals surface area contributed by atoms with Crippen molar-refractivity contribution in [1.29, 1.82) is 0 Å². The van der Waals surface area contributed by atoms with Crippen molar-refractivity contribution in [3.63, 3.8) is 0 Å². The number of amides is 2. The van der Waals surface area contributed by atoms with Gasteiger partial charge in [-0.25, -0.2) is 0 Å². The normalized spacial score (nSPS) is 14.4. The maximum Gasteiger partial charge on any atom is 0.294 e. The molecule has 1 aliphatic rings. The van der Waals surface area contributed by atoms with Crippen molar-refractivity contribution in [2.24, 2.45) is 0 Å². The third-order valence-electron chi connectivity index (χ3n) is 6.71. The molecule has 0 aliphatic carbocycles. The fraction of sp³-hybridized carbons (Fsp3) is 0.464. The summed E-state index contributed by atoms with van der Waals surface area (Å²) in [6.45, 7) is 2.72. The van der Waals surface area contributed by atoms with Gasteiger partial charge in [0.2, 0.25) is 11.7 Å². The molecule has 0 N–H and O–H groups in total. The molecule has 200 valence electrons. The van der Waals surface area contributed by atoms with Crippen LogP contribution < -0.4 is 18.9 Å². The number of hydrogen-bond acceptors (Lipinski definition) is 7. The van der Waals surface area contributed by atoms with E-state index in [0.29, 0.717) is 25.1 Å². The van der Waals surface area contributed by atoms with Gasteiger partial charge in [0, 0.05) is 37.7 Å². The maximum atomic E-state index is 13.3. The Labute approximate surface area is 218 Å². The highest BCUT2D eigenvalue weighted by atomic mass is 16.5. The summed E-state index contributed by atoms with van der Waals surface area (Å²) in [4.78, 5) is 42.8. The van der Waals surface area contributed by atoms with Crippen LogP contribution in [0, 0.1) is 0 Å². The number of nitrogens with zero attached hydrogens (tertiary/aromatic N) is 2. The van der Waals surface area contributed by atoms with Gasteiger partial charge in [0.25, 0.3) is 11.7 Å². The van der Waals surface area contributed by atoms with Gasteiger partial charge in [-0.3, -0.25) is 14.4 Å². The van der Waals surface area contributed by atoms with Crippen LogP contribution in [0.4, 0.5) is 0 Å². The molecule has 9 heteroatoms. The van der Waals surface area contributed by atoms with Gasteiger partial charge in [-0.15, -0.1) is 0 Å². The first kappa shape index (κ1) is 27.8. The lowest BCUT2D eigenvalue weighted by molar-refractivity contribution is -0.136. The van der Waals surface area contributed by atoms with Crippen LogP contribution in [0.15, 0.2) is 30.3 Å². The van der Waals surface area contributed by atoms with Crippen LogP contribution in [0.1, 0.15) is 53.7 Å². The van der Waals surface area contributed by atoms with Gasteiger partial charge < -0.3 is 28.7 Å². The average molecular weight is 513 g/mol. The number of benzene rings is 2. The number of likely N-dealkylation sites (N-methyl/N-ethyl adjacent to an activating group) is 1. The number of rotatable bonds is 11. The van der Waals surface area contributed by atoms with E-state index >= 15 is 0 Å². The van der Waals surface area contributed by atoms with E-state index in [0.717, 1.165) is 29.7 Å². The minimum atomic E-state index is -0.715. The van der Waals surface area contributed by atoms with Crippen LogP contribution >= 0.6 is 0 Å².